The molecule has 0 atom stereocenters. The lowest BCUT2D eigenvalue weighted by atomic mass is 10.5. The first kappa shape index (κ1) is 15.3. The number of aliphatic hydroxyl groups is 1. The zero-order chi connectivity index (χ0) is 13.6. The Bertz CT molecular complexity index is 472. The number of rotatable bonds is 8. The van der Waals surface area contributed by atoms with Crippen LogP contribution >= 0.6 is 11.8 Å². The molecule has 18 heavy (non-hydrogen) atoms. The van der Waals surface area contributed by atoms with Crippen LogP contribution in [0.2, 0.25) is 0 Å². The maximum atomic E-state index is 11.9. The highest BCUT2D eigenvalue weighted by Gasteiger charge is 2.19. The van der Waals surface area contributed by atoms with Crippen molar-refractivity contribution in [3.05, 3.63) is 6.20 Å². The van der Waals surface area contributed by atoms with Gasteiger partial charge in [-0.3, -0.25) is 4.68 Å². The number of aromatic nitrogens is 2. The number of nitrogens with one attached hydrogen (secondary N) is 1. The Morgan fingerprint density at radius 2 is 2.28 bits per heavy atom. The monoisotopic (exact) mass is 294 g/mol. The topological polar surface area (TPSA) is 110 Å². The Balaban J connectivity index is 2.43. The highest BCUT2D eigenvalue weighted by Crippen LogP contribution is 2.15. The van der Waals surface area contributed by atoms with Gasteiger partial charge in [0.25, 0.3) is 0 Å². The van der Waals surface area contributed by atoms with Gasteiger partial charge in [-0.25, -0.2) is 13.1 Å². The van der Waals surface area contributed by atoms with E-state index in [9.17, 15) is 8.42 Å². The molecule has 0 saturated carbocycles. The second-order valence-electron chi connectivity index (χ2n) is 3.64. The van der Waals surface area contributed by atoms with Crippen molar-refractivity contribution < 1.29 is 13.5 Å². The van der Waals surface area contributed by atoms with Crippen molar-refractivity contribution in [2.24, 2.45) is 7.05 Å². The molecule has 0 bridgehead atoms. The smallest absolute Gasteiger partial charge is 0.245 e. The average molecular weight is 294 g/mol. The van der Waals surface area contributed by atoms with Gasteiger partial charge in [-0.05, 0) is 12.2 Å². The Morgan fingerprint density at radius 3 is 2.83 bits per heavy atom. The van der Waals surface area contributed by atoms with Crippen molar-refractivity contribution in [3.63, 3.8) is 0 Å². The van der Waals surface area contributed by atoms with Crippen LogP contribution in [-0.4, -0.2) is 48.0 Å². The third-order valence-electron chi connectivity index (χ3n) is 2.10. The highest BCUT2D eigenvalue weighted by atomic mass is 32.2. The maximum absolute atomic E-state index is 11.9. The van der Waals surface area contributed by atoms with Gasteiger partial charge < -0.3 is 10.8 Å². The predicted octanol–water partition coefficient (Wildman–Crippen LogP) is -0.604. The molecule has 0 spiro atoms. The van der Waals surface area contributed by atoms with Crippen LogP contribution in [-0.2, 0) is 17.1 Å². The second-order valence-corrected chi connectivity index (χ2v) is 6.60. The fraction of sp³-hybridized carbons (Fsp3) is 0.667. The number of aryl methyl sites for hydroxylation is 1. The maximum Gasteiger partial charge on any atom is 0.245 e. The van der Waals surface area contributed by atoms with Crippen LogP contribution < -0.4 is 10.5 Å². The number of hydrogen-bond donors (Lipinski definition) is 3. The summed E-state index contributed by atoms with van der Waals surface area (Å²) in [6.07, 6.45) is 2.09. The van der Waals surface area contributed by atoms with Gasteiger partial charge in [-0.15, -0.1) is 0 Å². The lowest BCUT2D eigenvalue weighted by molar-refractivity contribution is 0.296. The molecule has 0 aliphatic rings. The van der Waals surface area contributed by atoms with E-state index in [-0.39, 0.29) is 17.3 Å². The fourth-order valence-corrected chi connectivity index (χ4v) is 3.33. The summed E-state index contributed by atoms with van der Waals surface area (Å²) in [7, 11) is -1.97. The summed E-state index contributed by atoms with van der Waals surface area (Å²) in [4.78, 5) is 0.00496. The van der Waals surface area contributed by atoms with E-state index < -0.39 is 10.0 Å². The average Bonchev–Trinajstić information content (AvgIpc) is 2.63. The second kappa shape index (κ2) is 6.98. The van der Waals surface area contributed by atoms with Gasteiger partial charge in [0, 0.05) is 32.1 Å². The zero-order valence-corrected chi connectivity index (χ0v) is 11.8. The van der Waals surface area contributed by atoms with Crippen molar-refractivity contribution in [1.29, 1.82) is 0 Å². The first-order chi connectivity index (χ1) is 8.47. The summed E-state index contributed by atoms with van der Waals surface area (Å²) in [5, 5.41) is 12.4. The molecular weight excluding hydrogens is 276 g/mol. The fourth-order valence-electron chi connectivity index (χ4n) is 1.29. The number of nitrogen functional groups attached to an aromatic ring is 1. The number of thioether (sulfide) groups is 1. The number of nitrogens with two attached hydrogens (primary N) is 1. The van der Waals surface area contributed by atoms with Crippen molar-refractivity contribution in [1.82, 2.24) is 14.5 Å². The molecule has 0 radical (unpaired) electrons. The number of nitrogens with zero attached hydrogens (tertiary/aromatic N) is 2. The van der Waals surface area contributed by atoms with Gasteiger partial charge in [-0.2, -0.15) is 16.9 Å². The van der Waals surface area contributed by atoms with Crippen LogP contribution in [0.25, 0.3) is 0 Å². The molecule has 1 aromatic rings. The minimum atomic E-state index is -3.58. The van der Waals surface area contributed by atoms with Crippen LogP contribution in [0.15, 0.2) is 11.1 Å². The zero-order valence-electron chi connectivity index (χ0n) is 10.2. The summed E-state index contributed by atoms with van der Waals surface area (Å²) in [5.74, 6) is 1.46. The molecule has 0 aliphatic heterocycles. The third kappa shape index (κ3) is 4.48. The van der Waals surface area contributed by atoms with Crippen molar-refractivity contribution in [2.45, 2.75) is 11.3 Å². The third-order valence-corrected chi connectivity index (χ3v) is 4.64. The number of aliphatic hydroxyl groups excluding tert-OH is 1. The number of sulfonamides is 1. The molecule has 9 heteroatoms. The van der Waals surface area contributed by atoms with Crippen molar-refractivity contribution >= 4 is 27.6 Å². The minimum Gasteiger partial charge on any atom is -0.396 e. The highest BCUT2D eigenvalue weighted by molar-refractivity contribution is 7.99. The molecule has 1 rings (SSSR count). The standard InChI is InChI=1S/C9H18N4O3S2/c1-13-7-8(9(10)12-13)18(15,16)11-3-6-17-5-2-4-14/h7,11,14H,2-6H2,1H3,(H2,10,12). The Kier molecular flexibility index (Phi) is 5.93. The van der Waals surface area contributed by atoms with E-state index in [1.165, 1.54) is 10.9 Å². The Morgan fingerprint density at radius 1 is 1.56 bits per heavy atom. The molecule has 0 amide bonds. The normalized spacial score (nSPS) is 11.9. The molecule has 0 aromatic carbocycles. The van der Waals surface area contributed by atoms with Gasteiger partial charge >= 0.3 is 0 Å². The van der Waals surface area contributed by atoms with Gasteiger partial charge in [0.2, 0.25) is 10.0 Å². The molecule has 1 aromatic heterocycles. The van der Waals surface area contributed by atoms with Gasteiger partial charge in [-0.1, -0.05) is 0 Å². The predicted molar refractivity (Wildman–Crippen MR) is 71.8 cm³/mol. The van der Waals surface area contributed by atoms with Crippen LogP contribution in [0.1, 0.15) is 6.42 Å². The van der Waals surface area contributed by atoms with E-state index in [0.29, 0.717) is 18.7 Å². The summed E-state index contributed by atoms with van der Waals surface area (Å²) >= 11 is 1.58. The molecular formula is C9H18N4O3S2. The molecule has 1 heterocycles. The van der Waals surface area contributed by atoms with E-state index in [4.69, 9.17) is 10.8 Å². The number of anilines is 1. The van der Waals surface area contributed by atoms with Gasteiger partial charge in [0.15, 0.2) is 5.82 Å². The molecule has 0 saturated heterocycles. The van der Waals surface area contributed by atoms with E-state index in [0.717, 1.165) is 5.75 Å². The van der Waals surface area contributed by atoms with E-state index >= 15 is 0 Å². The molecule has 104 valence electrons. The number of hydrogen-bond acceptors (Lipinski definition) is 6. The quantitative estimate of drug-likeness (QED) is 0.552. The summed E-state index contributed by atoms with van der Waals surface area (Å²) in [6, 6.07) is 0. The summed E-state index contributed by atoms with van der Waals surface area (Å²) in [6.45, 7) is 0.484. The summed E-state index contributed by atoms with van der Waals surface area (Å²) < 4.78 is 27.5. The van der Waals surface area contributed by atoms with E-state index in [1.54, 1.807) is 18.8 Å². The molecule has 4 N–H and O–H groups in total. The van der Waals surface area contributed by atoms with Crippen LogP contribution in [0.3, 0.4) is 0 Å². The van der Waals surface area contributed by atoms with Gasteiger partial charge in [0.1, 0.15) is 4.90 Å². The SMILES string of the molecule is Cn1cc(S(=O)(=O)NCCSCCCO)c(N)n1. The first-order valence-electron chi connectivity index (χ1n) is 5.45. The van der Waals surface area contributed by atoms with Crippen molar-refractivity contribution in [3.8, 4) is 0 Å². The molecule has 7 nitrogen and oxygen atoms in total. The van der Waals surface area contributed by atoms with Crippen LogP contribution in [0.5, 0.6) is 0 Å². The van der Waals surface area contributed by atoms with Crippen LogP contribution in [0.4, 0.5) is 5.82 Å². The Labute approximate surface area is 111 Å². The minimum absolute atomic E-state index is 0.00191. The lowest BCUT2D eigenvalue weighted by Gasteiger charge is -2.05. The molecule has 0 aliphatic carbocycles. The van der Waals surface area contributed by atoms with Gasteiger partial charge in [0.05, 0.1) is 0 Å². The molecule has 0 fully saturated rings. The van der Waals surface area contributed by atoms with Crippen molar-refractivity contribution in [2.75, 3.05) is 30.4 Å². The molecule has 0 unspecified atom stereocenters. The first-order valence-corrected chi connectivity index (χ1v) is 8.08. The Hall–Kier alpha value is -0.770. The van der Waals surface area contributed by atoms with Crippen LogP contribution in [0, 0.1) is 0 Å². The van der Waals surface area contributed by atoms with E-state index in [2.05, 4.69) is 9.82 Å². The summed E-state index contributed by atoms with van der Waals surface area (Å²) in [5.41, 5.74) is 5.51. The lowest BCUT2D eigenvalue weighted by Crippen LogP contribution is -2.26. The van der Waals surface area contributed by atoms with E-state index in [1.807, 2.05) is 0 Å². The largest absolute Gasteiger partial charge is 0.396 e.